The van der Waals surface area contributed by atoms with Gasteiger partial charge in [-0.2, -0.15) is 0 Å². The molecule has 0 aliphatic carbocycles. The second kappa shape index (κ2) is 9.77. The highest BCUT2D eigenvalue weighted by molar-refractivity contribution is 5.27. The van der Waals surface area contributed by atoms with E-state index in [2.05, 4.69) is 22.1 Å². The quantitative estimate of drug-likeness (QED) is 0.676. The molecule has 126 valence electrons. The first-order valence-corrected chi connectivity index (χ1v) is 7.82. The molecule has 0 bridgehead atoms. The minimum absolute atomic E-state index is 0.205. The van der Waals surface area contributed by atoms with Crippen LogP contribution in [0.4, 0.5) is 4.39 Å². The van der Waals surface area contributed by atoms with E-state index in [0.29, 0.717) is 5.92 Å². The van der Waals surface area contributed by atoms with Crippen LogP contribution in [0.15, 0.2) is 59.9 Å². The van der Waals surface area contributed by atoms with Gasteiger partial charge in [0, 0.05) is 32.0 Å². The lowest BCUT2D eigenvalue weighted by atomic mass is 10.1. The summed E-state index contributed by atoms with van der Waals surface area (Å²) in [5, 5.41) is 7.79. The highest BCUT2D eigenvalue weighted by Crippen LogP contribution is 2.12. The number of allylic oxidation sites excluding steroid dienone is 7. The fraction of sp³-hybridized carbons (Fsp3) is 0.444. The Hall–Kier alpha value is -2.17. The molecule has 0 radical (unpaired) electrons. The molecule has 1 aromatic heterocycles. The molecule has 23 heavy (non-hydrogen) atoms. The van der Waals surface area contributed by atoms with E-state index in [1.165, 1.54) is 12.5 Å². The van der Waals surface area contributed by atoms with E-state index in [1.807, 2.05) is 56.1 Å². The zero-order valence-corrected chi connectivity index (χ0v) is 14.7. The second-order valence-corrected chi connectivity index (χ2v) is 5.83. The van der Waals surface area contributed by atoms with Crippen molar-refractivity contribution in [3.8, 4) is 0 Å². The molecule has 0 aliphatic heterocycles. The van der Waals surface area contributed by atoms with Crippen molar-refractivity contribution >= 4 is 0 Å². The molecule has 1 rings (SSSR count). The number of likely N-dealkylation sites (N-methyl/N-ethyl adjacent to an activating group) is 1. The molecule has 1 unspecified atom stereocenters. The van der Waals surface area contributed by atoms with Gasteiger partial charge in [0.05, 0.1) is 12.0 Å². The third-order valence-electron chi connectivity index (χ3n) is 3.43. The second-order valence-electron chi connectivity index (χ2n) is 5.83. The van der Waals surface area contributed by atoms with Crippen molar-refractivity contribution in [2.45, 2.75) is 34.2 Å². The lowest BCUT2D eigenvalue weighted by molar-refractivity contribution is 0.317. The number of rotatable bonds is 8. The highest BCUT2D eigenvalue weighted by Gasteiger charge is 2.09. The molecule has 5 heteroatoms. The van der Waals surface area contributed by atoms with E-state index >= 15 is 0 Å². The fourth-order valence-electron chi connectivity index (χ4n) is 2.16. The van der Waals surface area contributed by atoms with Gasteiger partial charge in [-0.15, -0.1) is 5.10 Å². The van der Waals surface area contributed by atoms with Gasteiger partial charge >= 0.3 is 0 Å². The summed E-state index contributed by atoms with van der Waals surface area (Å²) in [7, 11) is 1.97. The lowest BCUT2D eigenvalue weighted by Crippen LogP contribution is -2.26. The van der Waals surface area contributed by atoms with Crippen molar-refractivity contribution in [3.63, 3.8) is 0 Å². The van der Waals surface area contributed by atoms with Gasteiger partial charge in [-0.25, -0.2) is 4.39 Å². The van der Waals surface area contributed by atoms with Crippen molar-refractivity contribution in [2.24, 2.45) is 5.92 Å². The van der Waals surface area contributed by atoms with Crippen LogP contribution in [0.3, 0.4) is 0 Å². The standard InChI is InChI=1S/C18H27FN4/c1-6-15(2)8-7-9-18(12-17(4)19)22(5)13-16(3)14-23-11-10-20-21-23/h6-12,16H,13-14H2,1-5H3/b8-7+,15-6+,17-12+,18-9+. The molecule has 0 N–H and O–H groups in total. The van der Waals surface area contributed by atoms with Gasteiger partial charge in [0.25, 0.3) is 0 Å². The van der Waals surface area contributed by atoms with Gasteiger partial charge < -0.3 is 4.90 Å². The molecule has 0 saturated carbocycles. The molecule has 0 spiro atoms. The summed E-state index contributed by atoms with van der Waals surface area (Å²) in [6, 6.07) is 0. The van der Waals surface area contributed by atoms with Crippen LogP contribution in [0.1, 0.15) is 27.7 Å². The monoisotopic (exact) mass is 318 g/mol. The number of hydrogen-bond acceptors (Lipinski definition) is 3. The van der Waals surface area contributed by atoms with Crippen molar-refractivity contribution in [1.29, 1.82) is 0 Å². The fourth-order valence-corrected chi connectivity index (χ4v) is 2.16. The van der Waals surface area contributed by atoms with Crippen molar-refractivity contribution in [3.05, 3.63) is 59.9 Å². The maximum Gasteiger partial charge on any atom is 0.0989 e. The number of aromatic nitrogens is 3. The Morgan fingerprint density at radius 3 is 2.70 bits per heavy atom. The zero-order valence-electron chi connectivity index (χ0n) is 14.7. The average molecular weight is 318 g/mol. The Labute approximate surface area is 138 Å². The van der Waals surface area contributed by atoms with Crippen LogP contribution in [0.2, 0.25) is 0 Å². The maximum atomic E-state index is 13.3. The van der Waals surface area contributed by atoms with E-state index in [0.717, 1.165) is 18.8 Å². The first-order valence-electron chi connectivity index (χ1n) is 7.82. The molecule has 0 fully saturated rings. The van der Waals surface area contributed by atoms with Gasteiger partial charge in [-0.1, -0.05) is 35.9 Å². The molecule has 0 aliphatic rings. The molecular formula is C18H27FN4. The molecule has 0 aromatic carbocycles. The maximum absolute atomic E-state index is 13.3. The number of hydrogen-bond donors (Lipinski definition) is 0. The first kappa shape index (κ1) is 18.9. The van der Waals surface area contributed by atoms with Crippen LogP contribution in [0, 0.1) is 5.92 Å². The van der Waals surface area contributed by atoms with Crippen LogP contribution in [-0.2, 0) is 6.54 Å². The molecular weight excluding hydrogens is 291 g/mol. The Morgan fingerprint density at radius 2 is 2.13 bits per heavy atom. The lowest BCUT2D eigenvalue weighted by Gasteiger charge is -2.24. The normalized spacial score (nSPS) is 15.3. The minimum atomic E-state index is -0.205. The van der Waals surface area contributed by atoms with Gasteiger partial charge in [-0.3, -0.25) is 4.68 Å². The Balaban J connectivity index is 2.75. The first-order chi connectivity index (χ1) is 10.9. The van der Waals surface area contributed by atoms with Crippen LogP contribution >= 0.6 is 0 Å². The molecule has 1 aromatic rings. The van der Waals surface area contributed by atoms with Gasteiger partial charge in [0.2, 0.25) is 0 Å². The van der Waals surface area contributed by atoms with Crippen LogP contribution in [-0.4, -0.2) is 33.5 Å². The molecule has 4 nitrogen and oxygen atoms in total. The Kier molecular flexibility index (Phi) is 8.02. The van der Waals surface area contributed by atoms with Gasteiger partial charge in [0.1, 0.15) is 0 Å². The summed E-state index contributed by atoms with van der Waals surface area (Å²) < 4.78 is 15.2. The van der Waals surface area contributed by atoms with Crippen LogP contribution in [0.25, 0.3) is 0 Å². The predicted molar refractivity (Wildman–Crippen MR) is 93.3 cm³/mol. The summed E-state index contributed by atoms with van der Waals surface area (Å²) in [4.78, 5) is 2.06. The smallest absolute Gasteiger partial charge is 0.0989 e. The Bertz CT molecular complexity index is 578. The largest absolute Gasteiger partial charge is 0.374 e. The summed E-state index contributed by atoms with van der Waals surface area (Å²) in [6.45, 7) is 9.20. The van der Waals surface area contributed by atoms with Crippen molar-refractivity contribution < 1.29 is 4.39 Å². The van der Waals surface area contributed by atoms with Gasteiger partial charge in [0.15, 0.2) is 0 Å². The van der Waals surface area contributed by atoms with Crippen molar-refractivity contribution in [2.75, 3.05) is 13.6 Å². The SMILES string of the molecule is C/C=C(C)/C=C/C=C(\C=C(/C)F)N(C)CC(C)Cn1ccnn1. The number of nitrogens with zero attached hydrogens (tertiary/aromatic N) is 4. The van der Waals surface area contributed by atoms with E-state index in [9.17, 15) is 4.39 Å². The van der Waals surface area contributed by atoms with Crippen LogP contribution < -0.4 is 0 Å². The van der Waals surface area contributed by atoms with Gasteiger partial charge in [-0.05, 0) is 38.8 Å². The number of halogens is 1. The van der Waals surface area contributed by atoms with Crippen LogP contribution in [0.5, 0.6) is 0 Å². The Morgan fingerprint density at radius 1 is 1.39 bits per heavy atom. The summed E-state index contributed by atoms with van der Waals surface area (Å²) in [5.74, 6) is 0.155. The molecule has 0 amide bonds. The van der Waals surface area contributed by atoms with E-state index < -0.39 is 0 Å². The van der Waals surface area contributed by atoms with E-state index in [4.69, 9.17) is 0 Å². The highest BCUT2D eigenvalue weighted by atomic mass is 19.1. The summed E-state index contributed by atoms with van der Waals surface area (Å²) in [5.41, 5.74) is 2.01. The molecule has 1 heterocycles. The summed E-state index contributed by atoms with van der Waals surface area (Å²) >= 11 is 0. The zero-order chi connectivity index (χ0) is 17.2. The summed E-state index contributed by atoms with van der Waals surface area (Å²) in [6.07, 6.45) is 13.0. The predicted octanol–water partition coefficient (Wildman–Crippen LogP) is 4.13. The van der Waals surface area contributed by atoms with E-state index in [-0.39, 0.29) is 5.83 Å². The van der Waals surface area contributed by atoms with E-state index in [1.54, 1.807) is 12.3 Å². The third-order valence-corrected chi connectivity index (χ3v) is 3.43. The molecule has 0 saturated heterocycles. The minimum Gasteiger partial charge on any atom is -0.374 e. The van der Waals surface area contributed by atoms with Crippen molar-refractivity contribution in [1.82, 2.24) is 19.9 Å². The topological polar surface area (TPSA) is 34.0 Å². The average Bonchev–Trinajstić information content (AvgIpc) is 2.98. The molecule has 1 atom stereocenters. The third kappa shape index (κ3) is 7.58.